The van der Waals surface area contributed by atoms with Crippen LogP contribution in [0.1, 0.15) is 11.7 Å². The fourth-order valence-corrected chi connectivity index (χ4v) is 2.85. The lowest BCUT2D eigenvalue weighted by Crippen LogP contribution is -2.29. The Bertz CT molecular complexity index is 380. The van der Waals surface area contributed by atoms with Gasteiger partial charge in [0.15, 0.2) is 0 Å². The summed E-state index contributed by atoms with van der Waals surface area (Å²) in [6.07, 6.45) is -0.784. The van der Waals surface area contributed by atoms with E-state index in [-0.39, 0.29) is 6.10 Å². The van der Waals surface area contributed by atoms with Gasteiger partial charge in [-0.1, -0.05) is 17.7 Å². The number of hydrogen-bond acceptors (Lipinski definition) is 4. The second kappa shape index (κ2) is 5.96. The van der Waals surface area contributed by atoms with E-state index < -0.39 is 6.10 Å². The first-order valence-corrected chi connectivity index (χ1v) is 6.96. The van der Waals surface area contributed by atoms with Gasteiger partial charge in [-0.15, -0.1) is 0 Å². The Morgan fingerprint density at radius 1 is 1.59 bits per heavy atom. The van der Waals surface area contributed by atoms with Crippen molar-refractivity contribution in [1.29, 1.82) is 0 Å². The van der Waals surface area contributed by atoms with Gasteiger partial charge in [0, 0.05) is 11.5 Å². The van der Waals surface area contributed by atoms with E-state index >= 15 is 0 Å². The lowest BCUT2D eigenvalue weighted by Gasteiger charge is -2.27. The molecule has 0 radical (unpaired) electrons. The SMILES string of the molecule is COc1cc(C(O)C2CSCCO2)ccc1Cl. The Morgan fingerprint density at radius 2 is 2.41 bits per heavy atom. The molecule has 0 amide bonds. The molecule has 2 unspecified atom stereocenters. The van der Waals surface area contributed by atoms with E-state index in [9.17, 15) is 5.11 Å². The van der Waals surface area contributed by atoms with Gasteiger partial charge < -0.3 is 14.6 Å². The average Bonchev–Trinajstić information content (AvgIpc) is 2.39. The van der Waals surface area contributed by atoms with Gasteiger partial charge in [0.2, 0.25) is 0 Å². The number of rotatable bonds is 3. The molecule has 17 heavy (non-hydrogen) atoms. The number of halogens is 1. The van der Waals surface area contributed by atoms with Crippen LogP contribution in [-0.4, -0.2) is 36.4 Å². The number of benzene rings is 1. The molecule has 0 spiro atoms. The second-order valence-electron chi connectivity index (χ2n) is 3.82. The highest BCUT2D eigenvalue weighted by atomic mass is 35.5. The zero-order valence-electron chi connectivity index (χ0n) is 9.56. The van der Waals surface area contributed by atoms with Gasteiger partial charge in [0.25, 0.3) is 0 Å². The first-order valence-electron chi connectivity index (χ1n) is 5.43. The molecule has 1 aliphatic rings. The Labute approximate surface area is 110 Å². The predicted octanol–water partition coefficient (Wildman–Crippen LogP) is 2.51. The minimum absolute atomic E-state index is 0.153. The molecule has 0 aliphatic carbocycles. The summed E-state index contributed by atoms with van der Waals surface area (Å²) in [5, 5.41) is 10.8. The zero-order chi connectivity index (χ0) is 12.3. The van der Waals surface area contributed by atoms with E-state index in [0.29, 0.717) is 17.4 Å². The van der Waals surface area contributed by atoms with Gasteiger partial charge >= 0.3 is 0 Å². The van der Waals surface area contributed by atoms with E-state index in [1.165, 1.54) is 0 Å². The molecule has 0 bridgehead atoms. The highest BCUT2D eigenvalue weighted by Crippen LogP contribution is 2.31. The highest BCUT2D eigenvalue weighted by Gasteiger charge is 2.24. The molecule has 0 saturated carbocycles. The average molecular weight is 275 g/mol. The molecular formula is C12H15ClO3S. The van der Waals surface area contributed by atoms with Gasteiger partial charge in [-0.2, -0.15) is 11.8 Å². The number of methoxy groups -OCH3 is 1. The highest BCUT2D eigenvalue weighted by molar-refractivity contribution is 7.99. The normalized spacial score (nSPS) is 22.2. The van der Waals surface area contributed by atoms with Crippen molar-refractivity contribution in [2.75, 3.05) is 25.2 Å². The lowest BCUT2D eigenvalue weighted by atomic mass is 10.0. The largest absolute Gasteiger partial charge is 0.495 e. The molecule has 94 valence electrons. The third-order valence-electron chi connectivity index (χ3n) is 2.71. The van der Waals surface area contributed by atoms with E-state index in [1.54, 1.807) is 37.1 Å². The molecule has 1 N–H and O–H groups in total. The standard InChI is InChI=1S/C12H15ClO3S/c1-15-10-6-8(2-3-9(10)13)12(14)11-7-17-5-4-16-11/h2-3,6,11-12,14H,4-5,7H2,1H3. The van der Waals surface area contributed by atoms with Crippen molar-refractivity contribution in [2.45, 2.75) is 12.2 Å². The molecule has 3 nitrogen and oxygen atoms in total. The minimum atomic E-state index is -0.631. The van der Waals surface area contributed by atoms with Crippen molar-refractivity contribution in [3.63, 3.8) is 0 Å². The summed E-state index contributed by atoms with van der Waals surface area (Å²) < 4.78 is 10.7. The quantitative estimate of drug-likeness (QED) is 0.919. The van der Waals surface area contributed by atoms with E-state index in [0.717, 1.165) is 17.1 Å². The van der Waals surface area contributed by atoms with Crippen LogP contribution in [0.25, 0.3) is 0 Å². The van der Waals surface area contributed by atoms with Crippen LogP contribution in [0.3, 0.4) is 0 Å². The second-order valence-corrected chi connectivity index (χ2v) is 5.38. The van der Waals surface area contributed by atoms with Crippen LogP contribution < -0.4 is 4.74 Å². The van der Waals surface area contributed by atoms with E-state index in [1.807, 2.05) is 0 Å². The number of hydrogen-bond donors (Lipinski definition) is 1. The number of thioether (sulfide) groups is 1. The Hall–Kier alpha value is -0.420. The van der Waals surface area contributed by atoms with Crippen LogP contribution in [0, 0.1) is 0 Å². The van der Waals surface area contributed by atoms with Crippen LogP contribution >= 0.6 is 23.4 Å². The van der Waals surface area contributed by atoms with Crippen LogP contribution in [0.4, 0.5) is 0 Å². The van der Waals surface area contributed by atoms with Gasteiger partial charge in [0.05, 0.1) is 24.8 Å². The van der Waals surface area contributed by atoms with Crippen LogP contribution in [0.5, 0.6) is 5.75 Å². The van der Waals surface area contributed by atoms with Crippen LogP contribution in [0.15, 0.2) is 18.2 Å². The van der Waals surface area contributed by atoms with Gasteiger partial charge in [0.1, 0.15) is 11.9 Å². The van der Waals surface area contributed by atoms with Gasteiger partial charge in [-0.3, -0.25) is 0 Å². The fraction of sp³-hybridized carbons (Fsp3) is 0.500. The molecule has 1 aliphatic heterocycles. The van der Waals surface area contributed by atoms with Crippen LogP contribution in [-0.2, 0) is 4.74 Å². The van der Waals surface area contributed by atoms with Gasteiger partial charge in [-0.25, -0.2) is 0 Å². The topological polar surface area (TPSA) is 38.7 Å². The third kappa shape index (κ3) is 3.07. The maximum absolute atomic E-state index is 10.2. The molecule has 0 aromatic heterocycles. The summed E-state index contributed by atoms with van der Waals surface area (Å²) in [4.78, 5) is 0. The summed E-state index contributed by atoms with van der Waals surface area (Å²) in [6.45, 7) is 0.692. The van der Waals surface area contributed by atoms with Crippen molar-refractivity contribution < 1.29 is 14.6 Å². The number of aliphatic hydroxyl groups excluding tert-OH is 1. The van der Waals surface area contributed by atoms with Crippen molar-refractivity contribution in [3.8, 4) is 5.75 Å². The molecule has 1 saturated heterocycles. The smallest absolute Gasteiger partial charge is 0.137 e. The van der Waals surface area contributed by atoms with Crippen molar-refractivity contribution in [1.82, 2.24) is 0 Å². The Morgan fingerprint density at radius 3 is 3.06 bits per heavy atom. The van der Waals surface area contributed by atoms with Crippen molar-refractivity contribution >= 4 is 23.4 Å². The van der Waals surface area contributed by atoms with Gasteiger partial charge in [-0.05, 0) is 17.7 Å². The molecule has 1 aromatic rings. The Balaban J connectivity index is 2.15. The van der Waals surface area contributed by atoms with Crippen molar-refractivity contribution in [2.24, 2.45) is 0 Å². The predicted molar refractivity (Wildman–Crippen MR) is 70.0 cm³/mol. The maximum atomic E-state index is 10.2. The van der Waals surface area contributed by atoms with Crippen molar-refractivity contribution in [3.05, 3.63) is 28.8 Å². The third-order valence-corrected chi connectivity index (χ3v) is 4.04. The van der Waals surface area contributed by atoms with E-state index in [4.69, 9.17) is 21.1 Å². The molecular weight excluding hydrogens is 260 g/mol. The summed E-state index contributed by atoms with van der Waals surface area (Å²) in [6, 6.07) is 5.29. The first kappa shape index (κ1) is 13.0. The molecule has 2 rings (SSSR count). The molecule has 5 heteroatoms. The first-order chi connectivity index (χ1) is 8.22. The number of ether oxygens (including phenoxy) is 2. The monoisotopic (exact) mass is 274 g/mol. The van der Waals surface area contributed by atoms with E-state index in [2.05, 4.69) is 0 Å². The minimum Gasteiger partial charge on any atom is -0.495 e. The fourth-order valence-electron chi connectivity index (χ4n) is 1.76. The molecule has 2 atom stereocenters. The summed E-state index contributed by atoms with van der Waals surface area (Å²) >= 11 is 7.74. The Kier molecular flexibility index (Phi) is 4.56. The van der Waals surface area contributed by atoms with Crippen LogP contribution in [0.2, 0.25) is 5.02 Å². The lowest BCUT2D eigenvalue weighted by molar-refractivity contribution is -0.0228. The molecule has 1 heterocycles. The summed E-state index contributed by atoms with van der Waals surface area (Å²) in [7, 11) is 1.56. The summed E-state index contributed by atoms with van der Waals surface area (Å²) in [5.41, 5.74) is 0.777. The zero-order valence-corrected chi connectivity index (χ0v) is 11.1. The molecule has 1 aromatic carbocycles. The molecule has 1 fully saturated rings. The summed E-state index contributed by atoms with van der Waals surface area (Å²) in [5.74, 6) is 2.38. The number of aliphatic hydroxyl groups is 1. The maximum Gasteiger partial charge on any atom is 0.137 e.